The van der Waals surface area contributed by atoms with Crippen LogP contribution in [0.5, 0.6) is 0 Å². The summed E-state index contributed by atoms with van der Waals surface area (Å²) in [5.41, 5.74) is 1.47. The van der Waals surface area contributed by atoms with E-state index in [9.17, 15) is 0 Å². The average Bonchev–Trinajstić information content (AvgIpc) is 3.36. The van der Waals surface area contributed by atoms with Crippen LogP contribution in [0.1, 0.15) is 31.7 Å². The van der Waals surface area contributed by atoms with Crippen molar-refractivity contribution < 1.29 is 14.2 Å². The van der Waals surface area contributed by atoms with Crippen molar-refractivity contribution in [3.63, 3.8) is 0 Å². The van der Waals surface area contributed by atoms with Crippen molar-refractivity contribution in [1.82, 2.24) is 0 Å². The van der Waals surface area contributed by atoms with Gasteiger partial charge >= 0.3 is 0 Å². The Morgan fingerprint density at radius 1 is 1.00 bits per heavy atom. The van der Waals surface area contributed by atoms with Gasteiger partial charge in [-0.1, -0.05) is 50.1 Å². The minimum absolute atomic E-state index is 0.392. The second-order valence-corrected chi connectivity index (χ2v) is 5.39. The van der Waals surface area contributed by atoms with Crippen LogP contribution in [0.15, 0.2) is 30.3 Å². The molecule has 1 aromatic carbocycles. The minimum atomic E-state index is 0.392. The third kappa shape index (κ3) is 7.63. The van der Waals surface area contributed by atoms with E-state index in [1.807, 2.05) is 0 Å². The molecule has 2 aliphatic rings. The van der Waals surface area contributed by atoms with Gasteiger partial charge in [0.25, 0.3) is 0 Å². The van der Waals surface area contributed by atoms with E-state index in [2.05, 4.69) is 37.3 Å². The number of hydrogen-bond donors (Lipinski definition) is 0. The fraction of sp³-hybridized carbons (Fsp3) is 0.647. The minimum Gasteiger partial charge on any atom is -0.376 e. The fourth-order valence-corrected chi connectivity index (χ4v) is 1.88. The van der Waals surface area contributed by atoms with Gasteiger partial charge in [0.1, 0.15) is 12.2 Å². The van der Waals surface area contributed by atoms with Gasteiger partial charge in [-0.15, -0.1) is 0 Å². The van der Waals surface area contributed by atoms with Crippen molar-refractivity contribution in [2.75, 3.05) is 26.4 Å². The van der Waals surface area contributed by atoms with Crippen LogP contribution >= 0.6 is 0 Å². The van der Waals surface area contributed by atoms with Crippen molar-refractivity contribution >= 4 is 0 Å². The van der Waals surface area contributed by atoms with Gasteiger partial charge < -0.3 is 14.2 Å². The lowest BCUT2D eigenvalue weighted by molar-refractivity contribution is 0.102. The third-order valence-corrected chi connectivity index (χ3v) is 3.32. The molecule has 3 rings (SSSR count). The molecular formula is C17H26O3. The van der Waals surface area contributed by atoms with Crippen LogP contribution < -0.4 is 0 Å². The van der Waals surface area contributed by atoms with Crippen LogP contribution in [0.2, 0.25) is 0 Å². The van der Waals surface area contributed by atoms with E-state index in [0.29, 0.717) is 12.2 Å². The molecule has 2 heterocycles. The van der Waals surface area contributed by atoms with Gasteiger partial charge in [-0.2, -0.15) is 0 Å². The lowest BCUT2D eigenvalue weighted by Gasteiger charge is -1.98. The predicted octanol–water partition coefficient (Wildman–Crippen LogP) is 3.22. The topological polar surface area (TPSA) is 34.3 Å². The Morgan fingerprint density at radius 2 is 1.60 bits per heavy atom. The second-order valence-electron chi connectivity index (χ2n) is 5.39. The summed E-state index contributed by atoms with van der Waals surface area (Å²) in [7, 11) is 0. The van der Waals surface area contributed by atoms with E-state index in [-0.39, 0.29) is 0 Å². The van der Waals surface area contributed by atoms with E-state index in [1.54, 1.807) is 0 Å². The largest absolute Gasteiger partial charge is 0.376 e. The zero-order valence-corrected chi connectivity index (χ0v) is 12.4. The molecular weight excluding hydrogens is 252 g/mol. The molecule has 2 atom stereocenters. The molecule has 2 aliphatic heterocycles. The Kier molecular flexibility index (Phi) is 7.06. The molecule has 0 bridgehead atoms. The maximum absolute atomic E-state index is 5.23. The van der Waals surface area contributed by atoms with E-state index >= 15 is 0 Å². The van der Waals surface area contributed by atoms with Crippen LogP contribution in [0.4, 0.5) is 0 Å². The monoisotopic (exact) mass is 278 g/mol. The highest BCUT2D eigenvalue weighted by Crippen LogP contribution is 2.12. The molecule has 0 radical (unpaired) electrons. The third-order valence-electron chi connectivity index (χ3n) is 3.32. The number of unbranched alkanes of at least 4 members (excludes halogenated alkanes) is 2. The van der Waals surface area contributed by atoms with Crippen molar-refractivity contribution in [3.8, 4) is 0 Å². The first-order valence-electron chi connectivity index (χ1n) is 7.73. The van der Waals surface area contributed by atoms with E-state index < -0.39 is 0 Å². The van der Waals surface area contributed by atoms with E-state index in [1.165, 1.54) is 31.2 Å². The van der Waals surface area contributed by atoms with Crippen LogP contribution in [-0.2, 0) is 20.6 Å². The van der Waals surface area contributed by atoms with Crippen molar-refractivity contribution in [2.24, 2.45) is 0 Å². The summed E-state index contributed by atoms with van der Waals surface area (Å²) < 4.78 is 15.1. The highest BCUT2D eigenvalue weighted by Gasteiger charge is 2.26. The van der Waals surface area contributed by atoms with Gasteiger partial charge in [0.2, 0.25) is 0 Å². The number of rotatable bonds is 8. The zero-order chi connectivity index (χ0) is 14.0. The molecule has 2 unspecified atom stereocenters. The Balaban J connectivity index is 0.000000149. The molecule has 112 valence electrons. The lowest BCUT2D eigenvalue weighted by atomic mass is 10.1. The van der Waals surface area contributed by atoms with Crippen LogP contribution in [-0.4, -0.2) is 38.6 Å². The van der Waals surface area contributed by atoms with Gasteiger partial charge in [0, 0.05) is 0 Å². The Morgan fingerprint density at radius 3 is 2.10 bits per heavy atom. The van der Waals surface area contributed by atoms with E-state index in [4.69, 9.17) is 14.2 Å². The summed E-state index contributed by atoms with van der Waals surface area (Å²) in [6.45, 7) is 5.50. The van der Waals surface area contributed by atoms with Gasteiger partial charge in [0.05, 0.1) is 26.4 Å². The summed E-state index contributed by atoms with van der Waals surface area (Å²) in [5, 5.41) is 0. The molecule has 0 aliphatic carbocycles. The number of epoxide rings is 2. The van der Waals surface area contributed by atoms with E-state index in [0.717, 1.165) is 26.4 Å². The molecule has 1 aromatic rings. The number of ether oxygens (including phenoxy) is 3. The standard InChI is InChI=1S/C11H16.C6H10O3/c1-2-3-5-8-11-9-6-4-7-10-11;1(5-3-8-5)7-2-6-4-9-6/h4,6-7,9-10H,2-3,5,8H2,1H3;5-6H,1-4H2. The van der Waals surface area contributed by atoms with Crippen molar-refractivity contribution in [3.05, 3.63) is 35.9 Å². The predicted molar refractivity (Wildman–Crippen MR) is 80.0 cm³/mol. The summed E-state index contributed by atoms with van der Waals surface area (Å²) in [6, 6.07) is 10.7. The Hall–Kier alpha value is -0.900. The number of aryl methyl sites for hydroxylation is 1. The molecule has 0 spiro atoms. The van der Waals surface area contributed by atoms with Gasteiger partial charge in [-0.3, -0.25) is 0 Å². The number of hydrogen-bond acceptors (Lipinski definition) is 3. The maximum Gasteiger partial charge on any atom is 0.104 e. The normalized spacial score (nSPS) is 22.9. The van der Waals surface area contributed by atoms with Crippen molar-refractivity contribution in [2.45, 2.75) is 44.8 Å². The SMILES string of the molecule is C(OCC1CO1)C1CO1.CCCCCc1ccccc1. The average molecular weight is 278 g/mol. The molecule has 20 heavy (non-hydrogen) atoms. The van der Waals surface area contributed by atoms with Gasteiger partial charge in [0.15, 0.2) is 0 Å². The second kappa shape index (κ2) is 9.11. The first-order valence-corrected chi connectivity index (χ1v) is 7.73. The Labute approximate surface area is 122 Å². The summed E-state index contributed by atoms with van der Waals surface area (Å²) in [6.07, 6.45) is 6.03. The maximum atomic E-state index is 5.23. The van der Waals surface area contributed by atoms with Crippen LogP contribution in [0.25, 0.3) is 0 Å². The molecule has 0 N–H and O–H groups in total. The molecule has 2 fully saturated rings. The molecule has 3 heteroatoms. The summed E-state index contributed by atoms with van der Waals surface area (Å²) >= 11 is 0. The highest BCUT2D eigenvalue weighted by molar-refractivity contribution is 5.14. The molecule has 2 saturated heterocycles. The molecule has 0 saturated carbocycles. The van der Waals surface area contributed by atoms with Crippen molar-refractivity contribution in [1.29, 1.82) is 0 Å². The summed E-state index contributed by atoms with van der Waals surface area (Å²) in [4.78, 5) is 0. The van der Waals surface area contributed by atoms with Gasteiger partial charge in [-0.25, -0.2) is 0 Å². The quantitative estimate of drug-likeness (QED) is 0.541. The van der Waals surface area contributed by atoms with Crippen LogP contribution in [0.3, 0.4) is 0 Å². The summed E-state index contributed by atoms with van der Waals surface area (Å²) in [5.74, 6) is 0. The fourth-order valence-electron chi connectivity index (χ4n) is 1.88. The number of benzene rings is 1. The van der Waals surface area contributed by atoms with Gasteiger partial charge in [-0.05, 0) is 18.4 Å². The molecule has 0 aromatic heterocycles. The first kappa shape index (κ1) is 15.5. The lowest BCUT2D eigenvalue weighted by Crippen LogP contribution is -2.06. The Bertz CT molecular complexity index is 333. The van der Waals surface area contributed by atoms with Crippen LogP contribution in [0, 0.1) is 0 Å². The zero-order valence-electron chi connectivity index (χ0n) is 12.4. The first-order chi connectivity index (χ1) is 9.88. The smallest absolute Gasteiger partial charge is 0.104 e. The highest BCUT2D eigenvalue weighted by atomic mass is 16.6. The molecule has 0 amide bonds. The molecule has 3 nitrogen and oxygen atoms in total.